The van der Waals surface area contributed by atoms with Crippen LogP contribution in [0, 0.1) is 0 Å². The van der Waals surface area contributed by atoms with Crippen molar-refractivity contribution >= 4 is 18.2 Å². The molecule has 12 heteroatoms. The van der Waals surface area contributed by atoms with Gasteiger partial charge in [-0.05, 0) is 95.8 Å². The topological polar surface area (TPSA) is 133 Å². The molecule has 0 aliphatic heterocycles. The summed E-state index contributed by atoms with van der Waals surface area (Å²) >= 11 is 0. The lowest BCUT2D eigenvalue weighted by Gasteiger charge is -2.42. The monoisotopic (exact) mass is 695 g/mol. The maximum Gasteiger partial charge on any atom is 0.258 e. The second-order valence-corrected chi connectivity index (χ2v) is 20.3. The van der Waals surface area contributed by atoms with Crippen LogP contribution in [-0.4, -0.2) is 64.9 Å². The third kappa shape index (κ3) is 9.46. The zero-order chi connectivity index (χ0) is 34.9. The third-order valence-corrected chi connectivity index (χ3v) is 16.3. The number of nitrogens with one attached hydrogen (secondary N) is 1. The fourth-order valence-corrected chi connectivity index (χ4v) is 12.6. The highest BCUT2D eigenvalue weighted by Crippen LogP contribution is 2.42. The fraction of sp³-hybridized carbons (Fsp3) is 0.444. The van der Waals surface area contributed by atoms with E-state index >= 15 is 0 Å². The molecule has 4 aromatic rings. The standard InChI is InChI=1S/C36H49N3O7SSi/c1-25(2)48(26(3)4,27(5)6)46-33-16-14-32(15-17-33)44-23-30(40)22-37-21-20-28-8-18-34(19-9-28)47(41,42)24-35-38-36(45-39-35)29-10-12-31(43-7)13-11-29/h8-19,25-27,30,37,40H,20-24H2,1-7H3/t30-/m0/s1. The summed E-state index contributed by atoms with van der Waals surface area (Å²) in [6.07, 6.45) is -0.0222. The van der Waals surface area contributed by atoms with Gasteiger partial charge in [0.2, 0.25) is 0 Å². The molecule has 1 heterocycles. The van der Waals surface area contributed by atoms with Crippen LogP contribution in [0.2, 0.25) is 16.6 Å². The molecular formula is C36H49N3O7SSi. The van der Waals surface area contributed by atoms with Crippen molar-refractivity contribution in [1.82, 2.24) is 15.5 Å². The number of nitrogens with zero attached hydrogens (tertiary/aromatic N) is 2. The summed E-state index contributed by atoms with van der Waals surface area (Å²) < 4.78 is 48.9. The second kappa shape index (κ2) is 16.6. The van der Waals surface area contributed by atoms with E-state index in [1.165, 1.54) is 0 Å². The summed E-state index contributed by atoms with van der Waals surface area (Å²) in [5.74, 6) is 2.19. The minimum Gasteiger partial charge on any atom is -0.543 e. The number of hydrogen-bond donors (Lipinski definition) is 2. The summed E-state index contributed by atoms with van der Waals surface area (Å²) in [4.78, 5) is 4.43. The van der Waals surface area contributed by atoms with E-state index in [1.807, 2.05) is 24.3 Å². The number of benzene rings is 3. The normalized spacial score (nSPS) is 12.9. The van der Waals surface area contributed by atoms with E-state index in [4.69, 9.17) is 18.4 Å². The van der Waals surface area contributed by atoms with Gasteiger partial charge in [-0.25, -0.2) is 8.42 Å². The highest BCUT2D eigenvalue weighted by atomic mass is 32.2. The first-order chi connectivity index (χ1) is 22.8. The first-order valence-corrected chi connectivity index (χ1v) is 20.2. The Morgan fingerprint density at radius 3 is 2.00 bits per heavy atom. The van der Waals surface area contributed by atoms with Gasteiger partial charge in [-0.2, -0.15) is 4.98 Å². The molecule has 3 aromatic carbocycles. The van der Waals surface area contributed by atoms with Crippen molar-refractivity contribution in [2.45, 2.75) is 81.3 Å². The van der Waals surface area contributed by atoms with Crippen LogP contribution in [0.25, 0.3) is 11.5 Å². The van der Waals surface area contributed by atoms with Crippen LogP contribution in [-0.2, 0) is 22.0 Å². The fourth-order valence-electron chi connectivity index (χ4n) is 6.19. The van der Waals surface area contributed by atoms with Gasteiger partial charge in [0, 0.05) is 12.1 Å². The lowest BCUT2D eigenvalue weighted by molar-refractivity contribution is 0.106. The summed E-state index contributed by atoms with van der Waals surface area (Å²) in [6.45, 7) is 14.7. The number of aliphatic hydroxyl groups is 1. The van der Waals surface area contributed by atoms with Gasteiger partial charge in [-0.3, -0.25) is 0 Å². The molecule has 0 unspecified atom stereocenters. The molecule has 0 radical (unpaired) electrons. The van der Waals surface area contributed by atoms with Gasteiger partial charge in [0.1, 0.15) is 35.7 Å². The summed E-state index contributed by atoms with van der Waals surface area (Å²) in [5.41, 5.74) is 3.10. The number of aromatic nitrogens is 2. The average Bonchev–Trinajstić information content (AvgIpc) is 3.52. The van der Waals surface area contributed by atoms with Crippen LogP contribution in [0.3, 0.4) is 0 Å². The van der Waals surface area contributed by atoms with E-state index in [0.717, 1.165) is 11.3 Å². The predicted molar refractivity (Wildman–Crippen MR) is 190 cm³/mol. The maximum absolute atomic E-state index is 13.0. The lowest BCUT2D eigenvalue weighted by atomic mass is 10.1. The Labute approximate surface area is 285 Å². The van der Waals surface area contributed by atoms with E-state index in [2.05, 4.69) is 57.0 Å². The molecule has 0 saturated heterocycles. The molecule has 0 fully saturated rings. The lowest BCUT2D eigenvalue weighted by Crippen LogP contribution is -2.50. The molecule has 0 aliphatic carbocycles. The largest absolute Gasteiger partial charge is 0.543 e. The molecule has 4 rings (SSSR count). The summed E-state index contributed by atoms with van der Waals surface area (Å²) in [6, 6.07) is 21.5. The number of ether oxygens (including phenoxy) is 2. The molecule has 1 aromatic heterocycles. The number of hydrogen-bond acceptors (Lipinski definition) is 10. The van der Waals surface area contributed by atoms with Crippen LogP contribution in [0.5, 0.6) is 17.2 Å². The minimum atomic E-state index is -3.67. The molecule has 0 aliphatic rings. The maximum atomic E-state index is 13.0. The van der Waals surface area contributed by atoms with Gasteiger partial charge < -0.3 is 28.8 Å². The number of sulfone groups is 1. The Hall–Kier alpha value is -3.71. The van der Waals surface area contributed by atoms with E-state index in [-0.39, 0.29) is 29.0 Å². The van der Waals surface area contributed by atoms with Crippen molar-refractivity contribution in [3.05, 3.63) is 84.2 Å². The molecular weight excluding hydrogens is 647 g/mol. The van der Waals surface area contributed by atoms with Crippen molar-refractivity contribution in [3.63, 3.8) is 0 Å². The van der Waals surface area contributed by atoms with Crippen LogP contribution < -0.4 is 19.2 Å². The highest BCUT2D eigenvalue weighted by Gasteiger charge is 2.47. The number of aliphatic hydroxyl groups excluding tert-OH is 1. The van der Waals surface area contributed by atoms with Crippen molar-refractivity contribution in [1.29, 1.82) is 0 Å². The molecule has 0 bridgehead atoms. The molecule has 0 amide bonds. The molecule has 2 N–H and O–H groups in total. The van der Waals surface area contributed by atoms with Gasteiger partial charge in [0.25, 0.3) is 14.2 Å². The molecule has 48 heavy (non-hydrogen) atoms. The minimum absolute atomic E-state index is 0.0881. The van der Waals surface area contributed by atoms with Gasteiger partial charge >= 0.3 is 0 Å². The van der Waals surface area contributed by atoms with E-state index in [9.17, 15) is 13.5 Å². The average molecular weight is 696 g/mol. The molecule has 0 saturated carbocycles. The van der Waals surface area contributed by atoms with Crippen molar-refractivity contribution < 1.29 is 31.9 Å². The first-order valence-electron chi connectivity index (χ1n) is 16.4. The van der Waals surface area contributed by atoms with E-state index in [0.29, 0.717) is 53.2 Å². The SMILES string of the molecule is COc1ccc(-c2nc(CS(=O)(=O)c3ccc(CCNC[C@H](O)COc4ccc(O[Si](C(C)C)(C(C)C)C(C)C)cc4)cc3)no2)cc1. The Morgan fingerprint density at radius 2 is 1.42 bits per heavy atom. The van der Waals surface area contributed by atoms with Crippen molar-refractivity contribution in [2.75, 3.05) is 26.8 Å². The van der Waals surface area contributed by atoms with Gasteiger partial charge in [-0.15, -0.1) is 0 Å². The summed E-state index contributed by atoms with van der Waals surface area (Å²) in [5, 5.41) is 17.5. The second-order valence-electron chi connectivity index (χ2n) is 13.0. The Bertz CT molecular complexity index is 1650. The van der Waals surface area contributed by atoms with Crippen LogP contribution in [0.1, 0.15) is 52.9 Å². The quantitative estimate of drug-likeness (QED) is 0.0842. The Morgan fingerprint density at radius 1 is 0.833 bits per heavy atom. The summed E-state index contributed by atoms with van der Waals surface area (Å²) in [7, 11) is -4.12. The van der Waals surface area contributed by atoms with Crippen LogP contribution >= 0.6 is 0 Å². The van der Waals surface area contributed by atoms with E-state index < -0.39 is 24.3 Å². The van der Waals surface area contributed by atoms with Gasteiger partial charge in [0.05, 0.1) is 12.0 Å². The predicted octanol–water partition coefficient (Wildman–Crippen LogP) is 6.85. The molecule has 10 nitrogen and oxygen atoms in total. The Balaban J connectivity index is 1.19. The molecule has 0 spiro atoms. The highest BCUT2D eigenvalue weighted by molar-refractivity contribution is 7.90. The molecule has 260 valence electrons. The molecule has 1 atom stereocenters. The first kappa shape index (κ1) is 37.1. The van der Waals surface area contributed by atoms with Crippen LogP contribution in [0.15, 0.2) is 82.2 Å². The van der Waals surface area contributed by atoms with Gasteiger partial charge in [-0.1, -0.05) is 58.8 Å². The van der Waals surface area contributed by atoms with Crippen LogP contribution in [0.4, 0.5) is 0 Å². The smallest absolute Gasteiger partial charge is 0.258 e. The zero-order valence-electron chi connectivity index (χ0n) is 29.0. The Kier molecular flexibility index (Phi) is 12.8. The zero-order valence-corrected chi connectivity index (χ0v) is 30.8. The van der Waals surface area contributed by atoms with E-state index in [1.54, 1.807) is 55.6 Å². The number of rotatable bonds is 18. The number of methoxy groups -OCH3 is 1. The third-order valence-electron chi connectivity index (χ3n) is 8.64. The van der Waals surface area contributed by atoms with Crippen molar-refractivity contribution in [2.24, 2.45) is 0 Å². The van der Waals surface area contributed by atoms with Crippen molar-refractivity contribution in [3.8, 4) is 28.7 Å². The van der Waals surface area contributed by atoms with Gasteiger partial charge in [0.15, 0.2) is 15.7 Å².